The zero-order valence-electron chi connectivity index (χ0n) is 21.2. The van der Waals surface area contributed by atoms with E-state index in [9.17, 15) is 10.4 Å². The molecule has 194 valence electrons. The van der Waals surface area contributed by atoms with Gasteiger partial charge in [0, 0.05) is 18.7 Å². The normalized spacial score (nSPS) is 11.4. The smallest absolute Gasteiger partial charge is 0.125 e. The van der Waals surface area contributed by atoms with Crippen LogP contribution in [-0.2, 0) is 17.9 Å². The van der Waals surface area contributed by atoms with Gasteiger partial charge in [0.1, 0.15) is 6.10 Å². The van der Waals surface area contributed by atoms with Gasteiger partial charge in [-0.15, -0.1) is 12.4 Å². The molecule has 0 radical (unpaired) electrons. The third kappa shape index (κ3) is 6.00. The van der Waals surface area contributed by atoms with E-state index in [-0.39, 0.29) is 19.0 Å². The monoisotopic (exact) mass is 534 g/mol. The molecule has 0 saturated heterocycles. The Labute approximate surface area is 233 Å². The molecule has 39 heavy (non-hydrogen) atoms. The Balaban J connectivity index is 0.00000353. The summed E-state index contributed by atoms with van der Waals surface area (Å²) in [5.74, 6) is 0. The van der Waals surface area contributed by atoms with Gasteiger partial charge in [-0.25, -0.2) is 4.98 Å². The molecule has 0 fully saturated rings. The molecule has 0 aliphatic rings. The molecule has 0 saturated carbocycles. The molecule has 1 heterocycles. The van der Waals surface area contributed by atoms with Gasteiger partial charge in [0.2, 0.25) is 0 Å². The number of aryl methyl sites for hydroxylation is 1. The molecule has 4 aromatic carbocycles. The maximum absolute atomic E-state index is 9.96. The average molecular weight is 535 g/mol. The number of nitrogens with zero attached hydrogens (tertiary/aromatic N) is 4. The molecular formula is C32H27ClN4O2. The average Bonchev–Trinajstić information content (AvgIpc) is 3.44. The molecule has 1 atom stereocenters. The van der Waals surface area contributed by atoms with Gasteiger partial charge in [-0.1, -0.05) is 60.7 Å². The van der Waals surface area contributed by atoms with Crippen molar-refractivity contribution in [1.82, 2.24) is 9.55 Å². The molecule has 0 aliphatic heterocycles. The Hall–Kier alpha value is -4.46. The van der Waals surface area contributed by atoms with Gasteiger partial charge in [-0.05, 0) is 58.1 Å². The maximum atomic E-state index is 9.96. The lowest BCUT2D eigenvalue weighted by atomic mass is 9.92. The summed E-state index contributed by atoms with van der Waals surface area (Å²) in [7, 11) is 0. The van der Waals surface area contributed by atoms with Crippen LogP contribution >= 0.6 is 12.4 Å². The molecule has 1 aromatic heterocycles. The van der Waals surface area contributed by atoms with Crippen molar-refractivity contribution in [1.29, 1.82) is 10.5 Å². The summed E-state index contributed by atoms with van der Waals surface area (Å²) in [6.45, 7) is 1.01. The number of nitriles is 2. The number of aliphatic hydroxyl groups is 1. The highest BCUT2D eigenvalue weighted by molar-refractivity contribution is 5.97. The first-order valence-corrected chi connectivity index (χ1v) is 12.5. The minimum atomic E-state index is -0.465. The van der Waals surface area contributed by atoms with E-state index in [2.05, 4.69) is 35.3 Å². The second-order valence-corrected chi connectivity index (χ2v) is 9.03. The van der Waals surface area contributed by atoms with Crippen LogP contribution in [0.4, 0.5) is 0 Å². The fourth-order valence-corrected chi connectivity index (χ4v) is 4.69. The molecule has 0 amide bonds. The first-order chi connectivity index (χ1) is 18.7. The van der Waals surface area contributed by atoms with Gasteiger partial charge in [0.15, 0.2) is 0 Å². The largest absolute Gasteiger partial charge is 0.396 e. The van der Waals surface area contributed by atoms with Crippen molar-refractivity contribution in [3.8, 4) is 23.3 Å². The van der Waals surface area contributed by atoms with Gasteiger partial charge < -0.3 is 14.4 Å². The minimum absolute atomic E-state index is 0. The van der Waals surface area contributed by atoms with Gasteiger partial charge >= 0.3 is 0 Å². The second kappa shape index (κ2) is 12.9. The SMILES string of the molecule is Cl.N#Cc1ccc(COC(c2ccc(C#N)c(-c3cccc4ccccc34)c2)c2cncn2CCCO)cc1. The van der Waals surface area contributed by atoms with Gasteiger partial charge in [0.25, 0.3) is 0 Å². The van der Waals surface area contributed by atoms with Crippen LogP contribution < -0.4 is 0 Å². The second-order valence-electron chi connectivity index (χ2n) is 9.03. The summed E-state index contributed by atoms with van der Waals surface area (Å²) in [6, 6.07) is 31.9. The summed E-state index contributed by atoms with van der Waals surface area (Å²) >= 11 is 0. The van der Waals surface area contributed by atoms with E-state index >= 15 is 0 Å². The third-order valence-corrected chi connectivity index (χ3v) is 6.62. The fraction of sp³-hybridized carbons (Fsp3) is 0.156. The Bertz CT molecular complexity index is 1640. The molecule has 7 heteroatoms. The van der Waals surface area contributed by atoms with Crippen LogP contribution in [0.1, 0.15) is 40.5 Å². The Morgan fingerprint density at radius 3 is 2.46 bits per heavy atom. The number of ether oxygens (including phenoxy) is 1. The maximum Gasteiger partial charge on any atom is 0.125 e. The van der Waals surface area contributed by atoms with E-state index in [0.717, 1.165) is 38.7 Å². The molecule has 1 N–H and O–H groups in total. The summed E-state index contributed by atoms with van der Waals surface area (Å²) < 4.78 is 8.51. The number of rotatable bonds is 9. The lowest BCUT2D eigenvalue weighted by Crippen LogP contribution is -2.13. The highest BCUT2D eigenvalue weighted by Crippen LogP contribution is 2.35. The van der Waals surface area contributed by atoms with Crippen LogP contribution in [0.2, 0.25) is 0 Å². The van der Waals surface area contributed by atoms with Gasteiger partial charge in [-0.2, -0.15) is 10.5 Å². The highest BCUT2D eigenvalue weighted by atomic mass is 35.5. The van der Waals surface area contributed by atoms with Crippen molar-refractivity contribution >= 4 is 23.2 Å². The Kier molecular flexibility index (Phi) is 9.10. The fourth-order valence-electron chi connectivity index (χ4n) is 4.69. The number of imidazole rings is 1. The molecule has 5 rings (SSSR count). The molecule has 0 bridgehead atoms. The third-order valence-electron chi connectivity index (χ3n) is 6.62. The van der Waals surface area contributed by atoms with E-state index < -0.39 is 6.10 Å². The number of aliphatic hydroxyl groups excluding tert-OH is 1. The Morgan fingerprint density at radius 1 is 0.897 bits per heavy atom. The van der Waals surface area contributed by atoms with Crippen molar-refractivity contribution in [3.05, 3.63) is 125 Å². The van der Waals surface area contributed by atoms with Gasteiger partial charge in [-0.3, -0.25) is 0 Å². The van der Waals surface area contributed by atoms with Crippen LogP contribution in [0.15, 0.2) is 97.5 Å². The summed E-state index contributed by atoms with van der Waals surface area (Å²) in [5, 5.41) is 30.7. The standard InChI is InChI=1S/C32H26N4O2.ClH/c33-18-23-9-11-24(12-10-23)21-38-32(31-20-35-22-36(31)15-4-16-37)26-13-14-27(19-34)30(17-26)29-8-3-6-25-5-1-2-7-28(25)29;/h1-3,5-14,17,20,22,32,37H,4,15-16,21H2;1H. The predicted molar refractivity (Wildman–Crippen MR) is 153 cm³/mol. The van der Waals surface area contributed by atoms with Crippen LogP contribution in [0, 0.1) is 22.7 Å². The first kappa shape index (κ1) is 27.6. The summed E-state index contributed by atoms with van der Waals surface area (Å²) in [6.07, 6.45) is 3.67. The topological polar surface area (TPSA) is 94.9 Å². The van der Waals surface area contributed by atoms with E-state index in [4.69, 9.17) is 10.00 Å². The molecule has 0 aliphatic carbocycles. The van der Waals surface area contributed by atoms with E-state index in [1.807, 2.05) is 59.2 Å². The van der Waals surface area contributed by atoms with Crippen LogP contribution in [0.3, 0.4) is 0 Å². The molecule has 0 spiro atoms. The van der Waals surface area contributed by atoms with Crippen LogP contribution in [0.5, 0.6) is 0 Å². The van der Waals surface area contributed by atoms with Crippen molar-refractivity contribution < 1.29 is 9.84 Å². The summed E-state index contributed by atoms with van der Waals surface area (Å²) in [4.78, 5) is 4.37. The molecular weight excluding hydrogens is 508 g/mol. The number of halogens is 1. The number of fused-ring (bicyclic) bond motifs is 1. The van der Waals surface area contributed by atoms with Crippen molar-refractivity contribution in [2.75, 3.05) is 6.61 Å². The molecule has 5 aromatic rings. The summed E-state index contributed by atoms with van der Waals surface area (Å²) in [5.41, 5.74) is 5.71. The predicted octanol–water partition coefficient (Wildman–Crippen LogP) is 6.56. The zero-order valence-corrected chi connectivity index (χ0v) is 22.0. The van der Waals surface area contributed by atoms with Crippen LogP contribution in [-0.4, -0.2) is 21.3 Å². The van der Waals surface area contributed by atoms with Gasteiger partial charge in [0.05, 0.1) is 48.1 Å². The van der Waals surface area contributed by atoms with Crippen molar-refractivity contribution in [3.63, 3.8) is 0 Å². The minimum Gasteiger partial charge on any atom is -0.396 e. The molecule has 1 unspecified atom stereocenters. The highest BCUT2D eigenvalue weighted by Gasteiger charge is 2.22. The van der Waals surface area contributed by atoms with E-state index in [0.29, 0.717) is 30.7 Å². The number of hydrogen-bond donors (Lipinski definition) is 1. The first-order valence-electron chi connectivity index (χ1n) is 12.5. The van der Waals surface area contributed by atoms with Crippen molar-refractivity contribution in [2.45, 2.75) is 25.7 Å². The number of aromatic nitrogens is 2. The van der Waals surface area contributed by atoms with E-state index in [1.54, 1.807) is 24.7 Å². The lowest BCUT2D eigenvalue weighted by molar-refractivity contribution is 0.0614. The number of hydrogen-bond acceptors (Lipinski definition) is 5. The van der Waals surface area contributed by atoms with E-state index in [1.165, 1.54) is 0 Å². The molecule has 6 nitrogen and oxygen atoms in total. The lowest BCUT2D eigenvalue weighted by Gasteiger charge is -2.22. The van der Waals surface area contributed by atoms with Crippen molar-refractivity contribution in [2.24, 2.45) is 0 Å². The zero-order chi connectivity index (χ0) is 26.3. The van der Waals surface area contributed by atoms with Crippen LogP contribution in [0.25, 0.3) is 21.9 Å². The number of benzene rings is 4. The Morgan fingerprint density at radius 2 is 1.69 bits per heavy atom. The quantitative estimate of drug-likeness (QED) is 0.231.